The van der Waals surface area contributed by atoms with Crippen LogP contribution in [-0.2, 0) is 10.0 Å². The zero-order valence-corrected chi connectivity index (χ0v) is 12.0. The molecule has 0 amide bonds. The first-order chi connectivity index (χ1) is 9.59. The van der Waals surface area contributed by atoms with Gasteiger partial charge in [0.15, 0.2) is 0 Å². The fourth-order valence-corrected chi connectivity index (χ4v) is 4.16. The zero-order chi connectivity index (χ0) is 14.6. The van der Waals surface area contributed by atoms with Crippen LogP contribution in [0.25, 0.3) is 0 Å². The van der Waals surface area contributed by atoms with Crippen molar-refractivity contribution in [1.82, 2.24) is 9.29 Å². The van der Waals surface area contributed by atoms with E-state index in [-0.39, 0.29) is 17.5 Å². The Morgan fingerprint density at radius 2 is 2.30 bits per heavy atom. The molecular weight excluding hydrogens is 280 g/mol. The minimum Gasteiger partial charge on any atom is -0.396 e. The van der Waals surface area contributed by atoms with Gasteiger partial charge in [-0.05, 0) is 37.8 Å². The highest BCUT2D eigenvalue weighted by molar-refractivity contribution is 7.89. The Bertz CT molecular complexity index is 532. The quantitative estimate of drug-likeness (QED) is 0.515. The molecule has 2 heterocycles. The van der Waals surface area contributed by atoms with Crippen molar-refractivity contribution in [3.8, 4) is 0 Å². The largest absolute Gasteiger partial charge is 0.396 e. The molecule has 1 aromatic heterocycles. The van der Waals surface area contributed by atoms with Crippen LogP contribution < -0.4 is 11.3 Å². The Morgan fingerprint density at radius 3 is 2.90 bits per heavy atom. The summed E-state index contributed by atoms with van der Waals surface area (Å²) in [4.78, 5) is 4.11. The SMILES string of the molecule is NNc1ccc(S(=O)(=O)N2CCCC2CCCO)cn1. The van der Waals surface area contributed by atoms with Crippen LogP contribution in [0.2, 0.25) is 0 Å². The smallest absolute Gasteiger partial charge is 0.244 e. The van der Waals surface area contributed by atoms with Gasteiger partial charge in [-0.1, -0.05) is 0 Å². The second-order valence-electron chi connectivity index (χ2n) is 4.80. The van der Waals surface area contributed by atoms with Gasteiger partial charge in [-0.25, -0.2) is 19.2 Å². The van der Waals surface area contributed by atoms with E-state index in [1.807, 2.05) is 0 Å². The van der Waals surface area contributed by atoms with Gasteiger partial charge in [0, 0.05) is 25.4 Å². The molecule has 1 aromatic rings. The fourth-order valence-electron chi connectivity index (χ4n) is 2.49. The summed E-state index contributed by atoms with van der Waals surface area (Å²) in [6.45, 7) is 0.609. The number of nitrogens with one attached hydrogen (secondary N) is 1. The van der Waals surface area contributed by atoms with Gasteiger partial charge >= 0.3 is 0 Å². The molecule has 0 spiro atoms. The molecule has 4 N–H and O–H groups in total. The van der Waals surface area contributed by atoms with E-state index in [1.165, 1.54) is 22.6 Å². The van der Waals surface area contributed by atoms with Crippen molar-refractivity contribution in [3.05, 3.63) is 18.3 Å². The lowest BCUT2D eigenvalue weighted by atomic mass is 10.1. The lowest BCUT2D eigenvalue weighted by Crippen LogP contribution is -2.35. The van der Waals surface area contributed by atoms with E-state index in [2.05, 4.69) is 10.4 Å². The fraction of sp³-hybridized carbons (Fsp3) is 0.583. The number of sulfonamides is 1. The molecule has 112 valence electrons. The number of hydrogen-bond acceptors (Lipinski definition) is 6. The Morgan fingerprint density at radius 1 is 1.50 bits per heavy atom. The van der Waals surface area contributed by atoms with Crippen LogP contribution in [-0.4, -0.2) is 42.0 Å². The van der Waals surface area contributed by atoms with Gasteiger partial charge in [0.1, 0.15) is 10.7 Å². The van der Waals surface area contributed by atoms with Crippen molar-refractivity contribution in [2.75, 3.05) is 18.6 Å². The van der Waals surface area contributed by atoms with Crippen LogP contribution in [0.3, 0.4) is 0 Å². The highest BCUT2D eigenvalue weighted by atomic mass is 32.2. The molecule has 1 fully saturated rings. The van der Waals surface area contributed by atoms with Crippen LogP contribution in [0, 0.1) is 0 Å². The number of hydrogen-bond donors (Lipinski definition) is 3. The van der Waals surface area contributed by atoms with Crippen LogP contribution in [0.15, 0.2) is 23.2 Å². The summed E-state index contributed by atoms with van der Waals surface area (Å²) in [5.41, 5.74) is 2.36. The van der Waals surface area contributed by atoms with Crippen LogP contribution in [0.5, 0.6) is 0 Å². The first-order valence-corrected chi connectivity index (χ1v) is 8.09. The van der Waals surface area contributed by atoms with E-state index in [1.54, 1.807) is 0 Å². The molecule has 2 rings (SSSR count). The lowest BCUT2D eigenvalue weighted by Gasteiger charge is -2.23. The van der Waals surface area contributed by atoms with Gasteiger partial charge in [-0.3, -0.25) is 0 Å². The number of nitrogen functional groups attached to an aromatic ring is 1. The average Bonchev–Trinajstić information content (AvgIpc) is 2.94. The third-order valence-electron chi connectivity index (χ3n) is 3.51. The van der Waals surface area contributed by atoms with Crippen molar-refractivity contribution < 1.29 is 13.5 Å². The molecule has 0 aliphatic carbocycles. The molecule has 0 bridgehead atoms. The molecule has 20 heavy (non-hydrogen) atoms. The number of rotatable bonds is 6. The third-order valence-corrected chi connectivity index (χ3v) is 5.44. The molecule has 0 saturated carbocycles. The number of aliphatic hydroxyl groups is 1. The second kappa shape index (κ2) is 6.49. The predicted octanol–water partition coefficient (Wildman–Crippen LogP) is 0.293. The topological polar surface area (TPSA) is 109 Å². The number of nitrogens with two attached hydrogens (primary N) is 1. The first kappa shape index (κ1) is 15.2. The minimum absolute atomic E-state index is 0.0283. The van der Waals surface area contributed by atoms with Gasteiger partial charge in [0.25, 0.3) is 0 Å². The number of aromatic nitrogens is 1. The predicted molar refractivity (Wildman–Crippen MR) is 75.3 cm³/mol. The molecule has 0 aromatic carbocycles. The van der Waals surface area contributed by atoms with E-state index in [0.717, 1.165) is 12.8 Å². The molecule has 1 unspecified atom stereocenters. The number of pyridine rings is 1. The zero-order valence-electron chi connectivity index (χ0n) is 11.2. The van der Waals surface area contributed by atoms with Crippen molar-refractivity contribution in [2.45, 2.75) is 36.6 Å². The van der Waals surface area contributed by atoms with Crippen molar-refractivity contribution in [3.63, 3.8) is 0 Å². The molecule has 1 atom stereocenters. The van der Waals surface area contributed by atoms with Gasteiger partial charge in [0.05, 0.1) is 0 Å². The maximum absolute atomic E-state index is 12.6. The summed E-state index contributed by atoms with van der Waals surface area (Å²) in [7, 11) is -3.52. The van der Waals surface area contributed by atoms with Crippen LogP contribution in [0.4, 0.5) is 5.82 Å². The van der Waals surface area contributed by atoms with E-state index >= 15 is 0 Å². The van der Waals surface area contributed by atoms with Gasteiger partial charge in [0.2, 0.25) is 10.0 Å². The van der Waals surface area contributed by atoms with Crippen LogP contribution >= 0.6 is 0 Å². The first-order valence-electron chi connectivity index (χ1n) is 6.65. The summed E-state index contributed by atoms with van der Waals surface area (Å²) in [5.74, 6) is 5.63. The Hall–Kier alpha value is -1.22. The number of anilines is 1. The van der Waals surface area contributed by atoms with Crippen molar-refractivity contribution in [2.24, 2.45) is 5.84 Å². The highest BCUT2D eigenvalue weighted by Gasteiger charge is 2.34. The molecule has 8 heteroatoms. The highest BCUT2D eigenvalue weighted by Crippen LogP contribution is 2.28. The van der Waals surface area contributed by atoms with E-state index in [4.69, 9.17) is 10.9 Å². The van der Waals surface area contributed by atoms with Crippen molar-refractivity contribution in [1.29, 1.82) is 0 Å². The van der Waals surface area contributed by atoms with Gasteiger partial charge in [-0.2, -0.15) is 4.31 Å². The number of hydrazine groups is 1. The lowest BCUT2D eigenvalue weighted by molar-refractivity contribution is 0.264. The van der Waals surface area contributed by atoms with E-state index < -0.39 is 10.0 Å². The molecule has 0 radical (unpaired) electrons. The minimum atomic E-state index is -3.52. The Labute approximate surface area is 118 Å². The monoisotopic (exact) mass is 300 g/mol. The molecule has 7 nitrogen and oxygen atoms in total. The van der Waals surface area contributed by atoms with Crippen LogP contribution in [0.1, 0.15) is 25.7 Å². The van der Waals surface area contributed by atoms with E-state index in [9.17, 15) is 8.42 Å². The summed E-state index contributed by atoms with van der Waals surface area (Å²) >= 11 is 0. The van der Waals surface area contributed by atoms with Gasteiger partial charge in [-0.15, -0.1) is 0 Å². The Kier molecular flexibility index (Phi) is 4.92. The number of nitrogens with zero attached hydrogens (tertiary/aromatic N) is 2. The molecular formula is C12H20N4O3S. The molecule has 1 aliphatic heterocycles. The Balaban J connectivity index is 2.19. The maximum Gasteiger partial charge on any atom is 0.244 e. The summed E-state index contributed by atoms with van der Waals surface area (Å²) in [6.07, 6.45) is 4.31. The van der Waals surface area contributed by atoms with Crippen molar-refractivity contribution >= 4 is 15.8 Å². The van der Waals surface area contributed by atoms with E-state index in [0.29, 0.717) is 25.2 Å². The summed E-state index contributed by atoms with van der Waals surface area (Å²) in [6, 6.07) is 3.00. The molecule has 1 saturated heterocycles. The second-order valence-corrected chi connectivity index (χ2v) is 6.69. The molecule has 1 aliphatic rings. The third kappa shape index (κ3) is 3.09. The maximum atomic E-state index is 12.6. The summed E-state index contributed by atoms with van der Waals surface area (Å²) in [5, 5.41) is 8.89. The standard InChI is InChI=1S/C12H20N4O3S/c13-15-12-6-5-11(9-14-12)20(18,19)16-7-1-3-10(16)4-2-8-17/h5-6,9-10,17H,1-4,7-8,13H2,(H,14,15). The average molecular weight is 300 g/mol. The van der Waals surface area contributed by atoms with Gasteiger partial charge < -0.3 is 10.5 Å². The summed E-state index contributed by atoms with van der Waals surface area (Å²) < 4.78 is 26.7. The number of aliphatic hydroxyl groups excluding tert-OH is 1. The normalized spacial score (nSPS) is 20.2.